The summed E-state index contributed by atoms with van der Waals surface area (Å²) < 4.78 is 1.78. The summed E-state index contributed by atoms with van der Waals surface area (Å²) in [5.41, 5.74) is 1.81. The van der Waals surface area contributed by atoms with Gasteiger partial charge in [0.15, 0.2) is 0 Å². The van der Waals surface area contributed by atoms with Crippen LogP contribution in [-0.2, 0) is 22.6 Å². The molecule has 3 aromatic rings. The highest BCUT2D eigenvalue weighted by Gasteiger charge is 2.21. The van der Waals surface area contributed by atoms with E-state index in [2.05, 4.69) is 10.4 Å². The number of anilines is 2. The molecule has 1 aliphatic heterocycles. The number of aromatic nitrogens is 2. The standard InChI is InChI=1S/C20H20N4O2S/c25-19(22-18-9-10-21-24(18)14-17-3-2-12-27-17)13-15-5-7-16(8-6-15)23-11-1-4-20(23)26/h2-3,5-10,12H,1,4,11,13-14H2,(H,22,25). The van der Waals surface area contributed by atoms with Gasteiger partial charge < -0.3 is 10.2 Å². The van der Waals surface area contributed by atoms with Crippen molar-refractivity contribution in [1.29, 1.82) is 0 Å². The van der Waals surface area contributed by atoms with Crippen molar-refractivity contribution in [2.45, 2.75) is 25.8 Å². The number of thiophene rings is 1. The summed E-state index contributed by atoms with van der Waals surface area (Å²) in [6.45, 7) is 1.41. The number of benzene rings is 1. The molecule has 0 saturated carbocycles. The Morgan fingerprint density at radius 3 is 2.74 bits per heavy atom. The second kappa shape index (κ2) is 7.75. The molecule has 1 aliphatic rings. The van der Waals surface area contributed by atoms with Gasteiger partial charge in [0.2, 0.25) is 11.8 Å². The molecule has 1 fully saturated rings. The fourth-order valence-electron chi connectivity index (χ4n) is 3.20. The Morgan fingerprint density at radius 1 is 1.19 bits per heavy atom. The molecule has 1 aromatic carbocycles. The van der Waals surface area contributed by atoms with Crippen LogP contribution in [0.4, 0.5) is 11.5 Å². The smallest absolute Gasteiger partial charge is 0.229 e. The van der Waals surface area contributed by atoms with E-state index in [1.54, 1.807) is 33.2 Å². The molecule has 3 heterocycles. The van der Waals surface area contributed by atoms with Crippen LogP contribution in [0.1, 0.15) is 23.3 Å². The minimum atomic E-state index is -0.0899. The lowest BCUT2D eigenvalue weighted by Gasteiger charge is -2.16. The average molecular weight is 380 g/mol. The largest absolute Gasteiger partial charge is 0.312 e. The molecule has 0 aliphatic carbocycles. The molecular weight excluding hydrogens is 360 g/mol. The van der Waals surface area contributed by atoms with Gasteiger partial charge in [-0.15, -0.1) is 11.3 Å². The normalized spacial score (nSPS) is 13.9. The first-order valence-electron chi connectivity index (χ1n) is 8.92. The maximum absolute atomic E-state index is 12.4. The fourth-order valence-corrected chi connectivity index (χ4v) is 3.89. The van der Waals surface area contributed by atoms with Gasteiger partial charge in [-0.1, -0.05) is 18.2 Å². The predicted octanol–water partition coefficient (Wildman–Crippen LogP) is 3.30. The van der Waals surface area contributed by atoms with Crippen LogP contribution in [0.5, 0.6) is 0 Å². The van der Waals surface area contributed by atoms with Crippen LogP contribution < -0.4 is 10.2 Å². The second-order valence-corrected chi connectivity index (χ2v) is 7.53. The molecule has 7 heteroatoms. The number of carbonyl (C=O) groups excluding carboxylic acids is 2. The quantitative estimate of drug-likeness (QED) is 0.713. The molecular formula is C20H20N4O2S. The maximum Gasteiger partial charge on any atom is 0.229 e. The van der Waals surface area contributed by atoms with Crippen LogP contribution in [0.2, 0.25) is 0 Å². The molecule has 2 aromatic heterocycles. The number of amides is 2. The van der Waals surface area contributed by atoms with Crippen LogP contribution in [0, 0.1) is 0 Å². The van der Waals surface area contributed by atoms with E-state index in [0.29, 0.717) is 18.8 Å². The summed E-state index contributed by atoms with van der Waals surface area (Å²) in [6.07, 6.45) is 3.48. The average Bonchev–Trinajstić information content (AvgIpc) is 3.40. The zero-order valence-electron chi connectivity index (χ0n) is 14.8. The zero-order valence-corrected chi connectivity index (χ0v) is 15.6. The van der Waals surface area contributed by atoms with Gasteiger partial charge >= 0.3 is 0 Å². The Bertz CT molecular complexity index is 931. The Hall–Kier alpha value is -2.93. The highest BCUT2D eigenvalue weighted by atomic mass is 32.1. The van der Waals surface area contributed by atoms with E-state index < -0.39 is 0 Å². The Kier molecular flexibility index (Phi) is 5.02. The lowest BCUT2D eigenvalue weighted by molar-refractivity contribution is -0.117. The molecule has 1 saturated heterocycles. The third-order valence-electron chi connectivity index (χ3n) is 4.56. The van der Waals surface area contributed by atoms with Crippen LogP contribution in [0.15, 0.2) is 54.0 Å². The number of nitrogens with zero attached hydrogens (tertiary/aromatic N) is 3. The summed E-state index contributed by atoms with van der Waals surface area (Å²) in [4.78, 5) is 27.2. The first kappa shape index (κ1) is 17.5. The van der Waals surface area contributed by atoms with E-state index in [0.717, 1.165) is 24.2 Å². The number of hydrogen-bond donors (Lipinski definition) is 1. The van der Waals surface area contributed by atoms with Crippen LogP contribution in [0.25, 0.3) is 0 Å². The topological polar surface area (TPSA) is 67.2 Å². The van der Waals surface area contributed by atoms with Gasteiger partial charge in [0.25, 0.3) is 0 Å². The lowest BCUT2D eigenvalue weighted by atomic mass is 10.1. The van der Waals surface area contributed by atoms with Crippen molar-refractivity contribution in [3.8, 4) is 0 Å². The Morgan fingerprint density at radius 2 is 2.04 bits per heavy atom. The van der Waals surface area contributed by atoms with Gasteiger partial charge in [-0.2, -0.15) is 5.10 Å². The van der Waals surface area contributed by atoms with Crippen LogP contribution in [0.3, 0.4) is 0 Å². The monoisotopic (exact) mass is 380 g/mol. The van der Waals surface area contributed by atoms with Gasteiger partial charge in [-0.05, 0) is 35.6 Å². The molecule has 6 nitrogen and oxygen atoms in total. The first-order chi connectivity index (χ1) is 13.2. The molecule has 0 unspecified atom stereocenters. The Labute approximate surface area is 161 Å². The fraction of sp³-hybridized carbons (Fsp3) is 0.250. The van der Waals surface area contributed by atoms with Crippen molar-refractivity contribution in [1.82, 2.24) is 9.78 Å². The summed E-state index contributed by atoms with van der Waals surface area (Å²) in [7, 11) is 0. The van der Waals surface area contributed by atoms with Crippen molar-refractivity contribution >= 4 is 34.7 Å². The second-order valence-electron chi connectivity index (χ2n) is 6.49. The summed E-state index contributed by atoms with van der Waals surface area (Å²) in [6, 6.07) is 13.5. The molecule has 27 heavy (non-hydrogen) atoms. The van der Waals surface area contributed by atoms with Gasteiger partial charge in [0, 0.05) is 29.6 Å². The molecule has 0 atom stereocenters. The number of hydrogen-bond acceptors (Lipinski definition) is 4. The van der Waals surface area contributed by atoms with E-state index in [1.807, 2.05) is 41.8 Å². The first-order valence-corrected chi connectivity index (χ1v) is 9.80. The number of carbonyl (C=O) groups is 2. The van der Waals surface area contributed by atoms with Crippen molar-refractivity contribution in [2.24, 2.45) is 0 Å². The van der Waals surface area contributed by atoms with E-state index in [9.17, 15) is 9.59 Å². The highest BCUT2D eigenvalue weighted by Crippen LogP contribution is 2.22. The molecule has 4 rings (SSSR count). The number of rotatable bonds is 6. The van der Waals surface area contributed by atoms with Crippen molar-refractivity contribution in [3.63, 3.8) is 0 Å². The molecule has 1 N–H and O–H groups in total. The third-order valence-corrected chi connectivity index (χ3v) is 5.42. The van der Waals surface area contributed by atoms with Crippen LogP contribution >= 0.6 is 11.3 Å². The molecule has 0 spiro atoms. The van der Waals surface area contributed by atoms with Crippen molar-refractivity contribution in [2.75, 3.05) is 16.8 Å². The molecule has 0 radical (unpaired) electrons. The van der Waals surface area contributed by atoms with Crippen LogP contribution in [-0.4, -0.2) is 28.1 Å². The lowest BCUT2D eigenvalue weighted by Crippen LogP contribution is -2.23. The van der Waals surface area contributed by atoms with Gasteiger partial charge in [0.05, 0.1) is 19.2 Å². The molecule has 0 bridgehead atoms. The van der Waals surface area contributed by atoms with E-state index >= 15 is 0 Å². The minimum Gasteiger partial charge on any atom is -0.312 e. The van der Waals surface area contributed by atoms with E-state index in [-0.39, 0.29) is 18.2 Å². The highest BCUT2D eigenvalue weighted by molar-refractivity contribution is 7.09. The zero-order chi connectivity index (χ0) is 18.6. The molecule has 2 amide bonds. The van der Waals surface area contributed by atoms with Gasteiger partial charge in [-0.25, -0.2) is 4.68 Å². The third kappa shape index (κ3) is 4.09. The summed E-state index contributed by atoms with van der Waals surface area (Å²) >= 11 is 1.66. The SMILES string of the molecule is O=C(Cc1ccc(N2CCCC2=O)cc1)Nc1ccnn1Cc1cccs1. The van der Waals surface area contributed by atoms with E-state index in [1.165, 1.54) is 4.88 Å². The van der Waals surface area contributed by atoms with Crippen molar-refractivity contribution in [3.05, 3.63) is 64.5 Å². The predicted molar refractivity (Wildman–Crippen MR) is 106 cm³/mol. The van der Waals surface area contributed by atoms with Gasteiger partial charge in [0.1, 0.15) is 5.82 Å². The van der Waals surface area contributed by atoms with Gasteiger partial charge in [-0.3, -0.25) is 9.59 Å². The van der Waals surface area contributed by atoms with Crippen molar-refractivity contribution < 1.29 is 9.59 Å². The number of nitrogens with one attached hydrogen (secondary N) is 1. The van der Waals surface area contributed by atoms with E-state index in [4.69, 9.17) is 0 Å². The molecule has 138 valence electrons. The minimum absolute atomic E-state index is 0.0899. The summed E-state index contributed by atoms with van der Waals surface area (Å²) in [5, 5.41) is 9.24. The maximum atomic E-state index is 12.4. The summed E-state index contributed by atoms with van der Waals surface area (Å²) in [5.74, 6) is 0.764. The Balaban J connectivity index is 1.37.